The molecule has 0 atom stereocenters. The number of H-pyrrole nitrogens is 1. The Kier molecular flexibility index (Phi) is 3.78. The van der Waals surface area contributed by atoms with Crippen LogP contribution < -0.4 is 0 Å². The molecule has 3 heteroatoms. The first-order valence-corrected chi connectivity index (χ1v) is 6.05. The Bertz CT molecular complexity index is 260. The molecule has 0 amide bonds. The number of nitrogens with one attached hydrogen (secondary N) is 1. The number of imidazole rings is 1. The van der Waals surface area contributed by atoms with Crippen molar-refractivity contribution < 1.29 is 0 Å². The molecule has 0 radical (unpaired) electrons. The second-order valence-corrected chi connectivity index (χ2v) is 4.66. The molecule has 1 aromatic rings. The van der Waals surface area contributed by atoms with E-state index < -0.39 is 0 Å². The Morgan fingerprint density at radius 3 is 2.93 bits per heavy atom. The smallest absolute Gasteiger partial charge is 0.106 e. The van der Waals surface area contributed by atoms with Crippen molar-refractivity contribution in [2.75, 3.05) is 19.6 Å². The molecule has 1 fully saturated rings. The summed E-state index contributed by atoms with van der Waals surface area (Å²) in [6.07, 6.45) is 8.79. The number of aromatic amines is 1. The summed E-state index contributed by atoms with van der Waals surface area (Å²) in [5, 5.41) is 0. The molecule has 1 saturated heterocycles. The highest BCUT2D eigenvalue weighted by molar-refractivity contribution is 4.87. The Balaban J connectivity index is 1.62. The summed E-state index contributed by atoms with van der Waals surface area (Å²) in [6.45, 7) is 6.17. The van der Waals surface area contributed by atoms with E-state index in [0.29, 0.717) is 0 Å². The van der Waals surface area contributed by atoms with Gasteiger partial charge in [-0.15, -0.1) is 0 Å². The maximum Gasteiger partial charge on any atom is 0.106 e. The Morgan fingerprint density at radius 2 is 2.27 bits per heavy atom. The molecule has 2 rings (SSSR count). The van der Waals surface area contributed by atoms with E-state index in [2.05, 4.69) is 21.8 Å². The zero-order chi connectivity index (χ0) is 10.5. The van der Waals surface area contributed by atoms with Crippen molar-refractivity contribution in [2.24, 2.45) is 5.92 Å². The molecule has 0 unspecified atom stereocenters. The van der Waals surface area contributed by atoms with Crippen LogP contribution in [0.4, 0.5) is 0 Å². The number of aryl methyl sites for hydroxylation is 1. The summed E-state index contributed by atoms with van der Waals surface area (Å²) in [7, 11) is 0. The topological polar surface area (TPSA) is 31.9 Å². The van der Waals surface area contributed by atoms with Gasteiger partial charge in [0.05, 0.1) is 0 Å². The van der Waals surface area contributed by atoms with Gasteiger partial charge < -0.3 is 9.88 Å². The predicted octanol–water partition coefficient (Wildman–Crippen LogP) is 2.07. The lowest BCUT2D eigenvalue weighted by Gasteiger charge is -2.29. The third-order valence-electron chi connectivity index (χ3n) is 3.32. The molecule has 0 saturated carbocycles. The predicted molar refractivity (Wildman–Crippen MR) is 61.7 cm³/mol. The Hall–Kier alpha value is -0.830. The lowest BCUT2D eigenvalue weighted by atomic mass is 9.99. The van der Waals surface area contributed by atoms with Crippen molar-refractivity contribution in [2.45, 2.75) is 32.6 Å². The first-order chi connectivity index (χ1) is 7.34. The molecule has 1 aliphatic rings. The Morgan fingerprint density at radius 1 is 1.47 bits per heavy atom. The van der Waals surface area contributed by atoms with Gasteiger partial charge in [-0.3, -0.25) is 0 Å². The van der Waals surface area contributed by atoms with Gasteiger partial charge >= 0.3 is 0 Å². The monoisotopic (exact) mass is 207 g/mol. The van der Waals surface area contributed by atoms with Gasteiger partial charge in [-0.25, -0.2) is 4.98 Å². The number of rotatable bonds is 4. The van der Waals surface area contributed by atoms with Gasteiger partial charge in [0.2, 0.25) is 0 Å². The van der Waals surface area contributed by atoms with Gasteiger partial charge in [0, 0.05) is 18.8 Å². The minimum absolute atomic E-state index is 0.936. The molecular weight excluding hydrogens is 186 g/mol. The molecule has 0 aromatic carbocycles. The highest BCUT2D eigenvalue weighted by Gasteiger charge is 2.14. The number of hydrogen-bond donors (Lipinski definition) is 1. The standard InChI is InChI=1S/C12H21N3/c1-11-4-9-15(10-5-11)8-2-3-12-13-6-7-14-12/h6-7,11H,2-5,8-10H2,1H3,(H,13,14). The van der Waals surface area contributed by atoms with Crippen LogP contribution in [0.15, 0.2) is 12.4 Å². The van der Waals surface area contributed by atoms with Gasteiger partial charge in [0.15, 0.2) is 0 Å². The van der Waals surface area contributed by atoms with Crippen LogP contribution in [0.25, 0.3) is 0 Å². The van der Waals surface area contributed by atoms with Gasteiger partial charge in [-0.05, 0) is 44.8 Å². The fraction of sp³-hybridized carbons (Fsp3) is 0.750. The maximum atomic E-state index is 4.24. The van der Waals surface area contributed by atoms with Crippen LogP contribution in [-0.2, 0) is 6.42 Å². The van der Waals surface area contributed by atoms with Crippen LogP contribution in [0.5, 0.6) is 0 Å². The quantitative estimate of drug-likeness (QED) is 0.819. The van der Waals surface area contributed by atoms with E-state index in [4.69, 9.17) is 0 Å². The van der Waals surface area contributed by atoms with Crippen molar-refractivity contribution in [3.05, 3.63) is 18.2 Å². The zero-order valence-electron chi connectivity index (χ0n) is 9.58. The van der Waals surface area contributed by atoms with E-state index in [1.54, 1.807) is 0 Å². The molecule has 0 aliphatic carbocycles. The van der Waals surface area contributed by atoms with E-state index in [-0.39, 0.29) is 0 Å². The van der Waals surface area contributed by atoms with E-state index >= 15 is 0 Å². The maximum absolute atomic E-state index is 4.24. The van der Waals surface area contributed by atoms with Crippen LogP contribution >= 0.6 is 0 Å². The molecule has 1 aliphatic heterocycles. The molecule has 1 N–H and O–H groups in total. The molecule has 3 nitrogen and oxygen atoms in total. The zero-order valence-corrected chi connectivity index (χ0v) is 9.58. The summed E-state index contributed by atoms with van der Waals surface area (Å²) >= 11 is 0. The molecular formula is C12H21N3. The SMILES string of the molecule is CC1CCN(CCCc2ncc[nH]2)CC1. The normalized spacial score (nSPS) is 19.5. The molecule has 0 bridgehead atoms. The number of piperidine rings is 1. The Labute approximate surface area is 91.9 Å². The van der Waals surface area contributed by atoms with Gasteiger partial charge in [0.25, 0.3) is 0 Å². The third-order valence-corrected chi connectivity index (χ3v) is 3.32. The average molecular weight is 207 g/mol. The molecule has 84 valence electrons. The first-order valence-electron chi connectivity index (χ1n) is 6.05. The molecule has 0 spiro atoms. The minimum Gasteiger partial charge on any atom is -0.349 e. The number of hydrogen-bond acceptors (Lipinski definition) is 2. The third kappa shape index (κ3) is 3.34. The highest BCUT2D eigenvalue weighted by atomic mass is 15.1. The first kappa shape index (κ1) is 10.7. The average Bonchev–Trinajstić information content (AvgIpc) is 2.74. The summed E-state index contributed by atoms with van der Waals surface area (Å²) in [4.78, 5) is 9.98. The van der Waals surface area contributed by atoms with Crippen LogP contribution in [-0.4, -0.2) is 34.5 Å². The lowest BCUT2D eigenvalue weighted by Crippen LogP contribution is -2.33. The fourth-order valence-electron chi connectivity index (χ4n) is 2.19. The lowest BCUT2D eigenvalue weighted by molar-refractivity contribution is 0.190. The minimum atomic E-state index is 0.936. The second kappa shape index (κ2) is 5.31. The van der Waals surface area contributed by atoms with E-state index in [9.17, 15) is 0 Å². The van der Waals surface area contributed by atoms with Crippen LogP contribution in [0.1, 0.15) is 32.0 Å². The number of nitrogens with zero attached hydrogens (tertiary/aromatic N) is 2. The largest absolute Gasteiger partial charge is 0.349 e. The van der Waals surface area contributed by atoms with Gasteiger partial charge in [-0.2, -0.15) is 0 Å². The summed E-state index contributed by atoms with van der Waals surface area (Å²) < 4.78 is 0. The molecule has 15 heavy (non-hydrogen) atoms. The second-order valence-electron chi connectivity index (χ2n) is 4.66. The van der Waals surface area contributed by atoms with Gasteiger partial charge in [-0.1, -0.05) is 6.92 Å². The van der Waals surface area contributed by atoms with Crippen molar-refractivity contribution in [3.8, 4) is 0 Å². The van der Waals surface area contributed by atoms with Crippen molar-refractivity contribution in [1.29, 1.82) is 0 Å². The van der Waals surface area contributed by atoms with Crippen LogP contribution in [0.3, 0.4) is 0 Å². The van der Waals surface area contributed by atoms with Crippen molar-refractivity contribution >= 4 is 0 Å². The fourth-order valence-corrected chi connectivity index (χ4v) is 2.19. The van der Waals surface area contributed by atoms with Crippen LogP contribution in [0.2, 0.25) is 0 Å². The van der Waals surface area contributed by atoms with E-state index in [1.807, 2.05) is 12.4 Å². The van der Waals surface area contributed by atoms with Crippen LogP contribution in [0, 0.1) is 5.92 Å². The van der Waals surface area contributed by atoms with Crippen molar-refractivity contribution in [3.63, 3.8) is 0 Å². The van der Waals surface area contributed by atoms with E-state index in [1.165, 1.54) is 38.9 Å². The van der Waals surface area contributed by atoms with E-state index in [0.717, 1.165) is 18.2 Å². The summed E-state index contributed by atoms with van der Waals surface area (Å²) in [6, 6.07) is 0. The summed E-state index contributed by atoms with van der Waals surface area (Å²) in [5.74, 6) is 2.06. The molecule has 2 heterocycles. The molecule has 1 aromatic heterocycles. The van der Waals surface area contributed by atoms with Crippen molar-refractivity contribution in [1.82, 2.24) is 14.9 Å². The number of likely N-dealkylation sites (tertiary alicyclic amines) is 1. The van der Waals surface area contributed by atoms with Gasteiger partial charge in [0.1, 0.15) is 5.82 Å². The number of aromatic nitrogens is 2. The highest BCUT2D eigenvalue weighted by Crippen LogP contribution is 2.16. The summed E-state index contributed by atoms with van der Waals surface area (Å²) in [5.41, 5.74) is 0.